The molecule has 1 aromatic carbocycles. The molecule has 15 heavy (non-hydrogen) atoms. The third-order valence-corrected chi connectivity index (χ3v) is 2.89. The second kappa shape index (κ2) is 6.11. The van der Waals surface area contributed by atoms with Gasteiger partial charge in [0.25, 0.3) is 0 Å². The quantitative estimate of drug-likeness (QED) is 0.810. The van der Waals surface area contributed by atoms with Crippen LogP contribution < -0.4 is 5.32 Å². The normalized spacial score (nSPS) is 14.9. The summed E-state index contributed by atoms with van der Waals surface area (Å²) in [6.07, 6.45) is 0. The van der Waals surface area contributed by atoms with E-state index in [9.17, 15) is 0 Å². The summed E-state index contributed by atoms with van der Waals surface area (Å²) in [6.45, 7) is 5.09. The minimum absolute atomic E-state index is 0.212. The van der Waals surface area contributed by atoms with Crippen molar-refractivity contribution < 1.29 is 5.11 Å². The Bertz CT molecular complexity index is 303. The van der Waals surface area contributed by atoms with Gasteiger partial charge >= 0.3 is 0 Å². The fraction of sp³-hybridized carbons (Fsp3) is 0.500. The van der Waals surface area contributed by atoms with Gasteiger partial charge in [-0.05, 0) is 30.5 Å². The summed E-state index contributed by atoms with van der Waals surface area (Å²) in [5.41, 5.74) is 1.17. The Morgan fingerprint density at radius 2 is 2.13 bits per heavy atom. The highest BCUT2D eigenvalue weighted by atomic mass is 35.5. The molecule has 0 aliphatic rings. The molecule has 0 bridgehead atoms. The van der Waals surface area contributed by atoms with E-state index in [0.29, 0.717) is 6.04 Å². The molecule has 2 unspecified atom stereocenters. The molecule has 1 aromatic rings. The van der Waals surface area contributed by atoms with Crippen molar-refractivity contribution in [2.24, 2.45) is 5.92 Å². The monoisotopic (exact) mass is 227 g/mol. The maximum atomic E-state index is 8.99. The van der Waals surface area contributed by atoms with Crippen LogP contribution in [0.3, 0.4) is 0 Å². The lowest BCUT2D eigenvalue weighted by Crippen LogP contribution is -2.33. The van der Waals surface area contributed by atoms with Gasteiger partial charge in [-0.3, -0.25) is 0 Å². The van der Waals surface area contributed by atoms with Crippen molar-refractivity contribution >= 4 is 11.6 Å². The van der Waals surface area contributed by atoms with Crippen LogP contribution in [-0.2, 0) is 6.54 Å². The van der Waals surface area contributed by atoms with E-state index in [-0.39, 0.29) is 12.5 Å². The van der Waals surface area contributed by atoms with Gasteiger partial charge in [0.05, 0.1) is 0 Å². The van der Waals surface area contributed by atoms with E-state index in [1.54, 1.807) is 0 Å². The summed E-state index contributed by atoms with van der Waals surface area (Å²) in [5.74, 6) is 0.268. The van der Waals surface area contributed by atoms with Crippen LogP contribution in [-0.4, -0.2) is 17.8 Å². The zero-order chi connectivity index (χ0) is 11.3. The Morgan fingerprint density at radius 3 is 2.73 bits per heavy atom. The molecular weight excluding hydrogens is 210 g/mol. The van der Waals surface area contributed by atoms with E-state index in [0.717, 1.165) is 11.6 Å². The molecule has 0 fully saturated rings. The number of aliphatic hydroxyl groups excluding tert-OH is 1. The average molecular weight is 228 g/mol. The summed E-state index contributed by atoms with van der Waals surface area (Å²) >= 11 is 5.88. The van der Waals surface area contributed by atoms with Crippen molar-refractivity contribution in [1.82, 2.24) is 5.32 Å². The summed E-state index contributed by atoms with van der Waals surface area (Å²) in [5, 5.41) is 13.1. The first-order valence-corrected chi connectivity index (χ1v) is 5.60. The van der Waals surface area contributed by atoms with Gasteiger partial charge in [0.15, 0.2) is 0 Å². The van der Waals surface area contributed by atoms with Gasteiger partial charge in [-0.15, -0.1) is 0 Å². The Balaban J connectivity index is 2.43. The van der Waals surface area contributed by atoms with E-state index >= 15 is 0 Å². The van der Waals surface area contributed by atoms with Crippen LogP contribution in [0.5, 0.6) is 0 Å². The van der Waals surface area contributed by atoms with E-state index in [1.165, 1.54) is 5.56 Å². The third kappa shape index (κ3) is 4.20. The van der Waals surface area contributed by atoms with Crippen molar-refractivity contribution in [3.8, 4) is 0 Å². The maximum Gasteiger partial charge on any atom is 0.0471 e. The van der Waals surface area contributed by atoms with Gasteiger partial charge < -0.3 is 10.4 Å². The number of rotatable bonds is 5. The van der Waals surface area contributed by atoms with Gasteiger partial charge in [0.2, 0.25) is 0 Å². The lowest BCUT2D eigenvalue weighted by molar-refractivity contribution is 0.207. The fourth-order valence-electron chi connectivity index (χ4n) is 1.29. The van der Waals surface area contributed by atoms with Crippen LogP contribution in [0.1, 0.15) is 19.4 Å². The molecule has 0 aromatic heterocycles. The lowest BCUT2D eigenvalue weighted by Gasteiger charge is -2.19. The number of hydrogen-bond acceptors (Lipinski definition) is 2. The maximum absolute atomic E-state index is 8.99. The highest BCUT2D eigenvalue weighted by molar-refractivity contribution is 6.30. The predicted molar refractivity (Wildman–Crippen MR) is 64.0 cm³/mol. The van der Waals surface area contributed by atoms with E-state index in [4.69, 9.17) is 16.7 Å². The molecule has 0 saturated heterocycles. The average Bonchev–Trinajstić information content (AvgIpc) is 2.25. The molecule has 3 heteroatoms. The molecule has 0 aliphatic carbocycles. The van der Waals surface area contributed by atoms with E-state index in [2.05, 4.69) is 12.2 Å². The van der Waals surface area contributed by atoms with Crippen LogP contribution in [0.25, 0.3) is 0 Å². The van der Waals surface area contributed by atoms with Gasteiger partial charge in [-0.2, -0.15) is 0 Å². The number of nitrogens with one attached hydrogen (secondary N) is 1. The second-order valence-electron chi connectivity index (χ2n) is 3.96. The number of aliphatic hydroxyl groups is 1. The SMILES string of the molecule is CC(CO)C(C)NCc1cccc(Cl)c1. The van der Waals surface area contributed by atoms with Crippen molar-refractivity contribution in [2.45, 2.75) is 26.4 Å². The molecule has 0 amide bonds. The van der Waals surface area contributed by atoms with Gasteiger partial charge in [-0.25, -0.2) is 0 Å². The summed E-state index contributed by atoms with van der Waals surface area (Å²) in [4.78, 5) is 0. The molecule has 2 atom stereocenters. The molecule has 2 N–H and O–H groups in total. The largest absolute Gasteiger partial charge is 0.396 e. The first kappa shape index (κ1) is 12.5. The molecule has 0 spiro atoms. The topological polar surface area (TPSA) is 32.3 Å². The molecule has 0 heterocycles. The molecular formula is C12H18ClNO. The van der Waals surface area contributed by atoms with Crippen molar-refractivity contribution in [1.29, 1.82) is 0 Å². The van der Waals surface area contributed by atoms with Crippen LogP contribution in [0.15, 0.2) is 24.3 Å². The smallest absolute Gasteiger partial charge is 0.0471 e. The minimum Gasteiger partial charge on any atom is -0.396 e. The van der Waals surface area contributed by atoms with Crippen LogP contribution in [0, 0.1) is 5.92 Å². The van der Waals surface area contributed by atoms with Gasteiger partial charge in [0, 0.05) is 24.2 Å². The Morgan fingerprint density at radius 1 is 1.40 bits per heavy atom. The van der Waals surface area contributed by atoms with Crippen molar-refractivity contribution in [3.05, 3.63) is 34.9 Å². The number of benzene rings is 1. The minimum atomic E-state index is 0.212. The third-order valence-electron chi connectivity index (χ3n) is 2.66. The molecule has 84 valence electrons. The standard InChI is InChI=1S/C12H18ClNO/c1-9(8-15)10(2)14-7-11-4-3-5-12(13)6-11/h3-6,9-10,14-15H,7-8H2,1-2H3. The Hall–Kier alpha value is -0.570. The zero-order valence-electron chi connectivity index (χ0n) is 9.20. The summed E-state index contributed by atoms with van der Waals surface area (Å²) in [7, 11) is 0. The lowest BCUT2D eigenvalue weighted by atomic mass is 10.0. The van der Waals surface area contributed by atoms with Crippen molar-refractivity contribution in [3.63, 3.8) is 0 Å². The summed E-state index contributed by atoms with van der Waals surface area (Å²) in [6, 6.07) is 8.10. The Kier molecular flexibility index (Phi) is 5.09. The number of halogens is 1. The van der Waals surface area contributed by atoms with Gasteiger partial charge in [0.1, 0.15) is 0 Å². The highest BCUT2D eigenvalue weighted by Gasteiger charge is 2.09. The predicted octanol–water partition coefficient (Wildman–Crippen LogP) is 2.45. The zero-order valence-corrected chi connectivity index (χ0v) is 9.96. The van der Waals surface area contributed by atoms with Crippen molar-refractivity contribution in [2.75, 3.05) is 6.61 Å². The molecule has 0 radical (unpaired) electrons. The molecule has 0 aliphatic heterocycles. The first-order valence-electron chi connectivity index (χ1n) is 5.22. The summed E-state index contributed by atoms with van der Waals surface area (Å²) < 4.78 is 0. The first-order chi connectivity index (χ1) is 7.13. The highest BCUT2D eigenvalue weighted by Crippen LogP contribution is 2.11. The van der Waals surface area contributed by atoms with Crippen LogP contribution in [0.4, 0.5) is 0 Å². The van der Waals surface area contributed by atoms with E-state index < -0.39 is 0 Å². The van der Waals surface area contributed by atoms with Gasteiger partial charge in [-0.1, -0.05) is 30.7 Å². The second-order valence-corrected chi connectivity index (χ2v) is 4.40. The molecule has 0 saturated carbocycles. The Labute approximate surface area is 96.3 Å². The molecule has 2 nitrogen and oxygen atoms in total. The van der Waals surface area contributed by atoms with Crippen LogP contribution >= 0.6 is 11.6 Å². The molecule has 1 rings (SSSR count). The fourth-order valence-corrected chi connectivity index (χ4v) is 1.50. The van der Waals surface area contributed by atoms with Crippen LogP contribution in [0.2, 0.25) is 5.02 Å². The van der Waals surface area contributed by atoms with E-state index in [1.807, 2.05) is 31.2 Å². The number of hydrogen-bond donors (Lipinski definition) is 2.